The van der Waals surface area contributed by atoms with Gasteiger partial charge in [-0.05, 0) is 31.3 Å². The van der Waals surface area contributed by atoms with Crippen LogP contribution in [0.3, 0.4) is 0 Å². The van der Waals surface area contributed by atoms with Gasteiger partial charge in [0.15, 0.2) is 16.3 Å². The van der Waals surface area contributed by atoms with Crippen LogP contribution in [0.2, 0.25) is 0 Å². The maximum atomic E-state index is 13.6. The quantitative estimate of drug-likeness (QED) is 0.837. The van der Waals surface area contributed by atoms with E-state index in [1.807, 2.05) is 0 Å². The summed E-state index contributed by atoms with van der Waals surface area (Å²) in [4.78, 5) is 0. The molecule has 0 fully saturated rings. The van der Waals surface area contributed by atoms with Gasteiger partial charge in [-0.15, -0.1) is 0 Å². The van der Waals surface area contributed by atoms with Crippen LogP contribution in [-0.2, 0) is 0 Å². The molecule has 0 aliphatic carbocycles. The summed E-state index contributed by atoms with van der Waals surface area (Å²) >= 11 is 4.99. The van der Waals surface area contributed by atoms with E-state index < -0.39 is 5.82 Å². The second kappa shape index (κ2) is 4.44. The molecule has 1 N–H and O–H groups in total. The molecule has 0 bridgehead atoms. The number of nitrogens with zero attached hydrogens (tertiary/aromatic N) is 2. The summed E-state index contributed by atoms with van der Waals surface area (Å²) in [7, 11) is 0. The number of rotatable bonds is 3. The van der Waals surface area contributed by atoms with Crippen LogP contribution in [0.25, 0.3) is 5.69 Å². The van der Waals surface area contributed by atoms with E-state index in [0.717, 1.165) is 0 Å². The van der Waals surface area contributed by atoms with Crippen molar-refractivity contribution in [1.82, 2.24) is 14.8 Å². The van der Waals surface area contributed by atoms with Gasteiger partial charge in [0.1, 0.15) is 6.33 Å². The van der Waals surface area contributed by atoms with Crippen molar-refractivity contribution in [3.63, 3.8) is 0 Å². The van der Waals surface area contributed by atoms with E-state index in [-0.39, 0.29) is 5.75 Å². The lowest BCUT2D eigenvalue weighted by molar-refractivity contribution is 0.321. The number of ether oxygens (including phenoxy) is 1. The smallest absolute Gasteiger partial charge is 0.199 e. The molecule has 0 spiro atoms. The van der Waals surface area contributed by atoms with Crippen molar-refractivity contribution in [2.45, 2.75) is 6.92 Å². The van der Waals surface area contributed by atoms with Gasteiger partial charge in [0, 0.05) is 6.07 Å². The van der Waals surface area contributed by atoms with E-state index >= 15 is 0 Å². The third kappa shape index (κ3) is 1.96. The third-order valence-corrected chi connectivity index (χ3v) is 2.33. The highest BCUT2D eigenvalue weighted by Crippen LogP contribution is 2.20. The standard InChI is InChI=1S/C10H10FN3OS/c1-2-15-9-4-3-7(5-8(9)11)14-6-12-13-10(14)16/h3-6H,2H2,1H3,(H,13,16). The fraction of sp³-hybridized carbons (Fsp3) is 0.200. The van der Waals surface area contributed by atoms with Gasteiger partial charge in [-0.2, -0.15) is 5.10 Å². The van der Waals surface area contributed by atoms with Gasteiger partial charge in [0.2, 0.25) is 0 Å². The Labute approximate surface area is 96.7 Å². The minimum absolute atomic E-state index is 0.237. The number of nitrogens with one attached hydrogen (secondary N) is 1. The van der Waals surface area contributed by atoms with Crippen molar-refractivity contribution < 1.29 is 9.13 Å². The van der Waals surface area contributed by atoms with Gasteiger partial charge < -0.3 is 4.74 Å². The number of hydrogen-bond donors (Lipinski definition) is 1. The minimum atomic E-state index is -0.414. The first-order valence-electron chi connectivity index (χ1n) is 4.77. The van der Waals surface area contributed by atoms with Gasteiger partial charge in [-0.25, -0.2) is 4.39 Å². The van der Waals surface area contributed by atoms with Crippen molar-refractivity contribution in [3.05, 3.63) is 35.1 Å². The number of aromatic nitrogens is 3. The Bertz CT molecular complexity index is 549. The monoisotopic (exact) mass is 239 g/mol. The van der Waals surface area contributed by atoms with Gasteiger partial charge >= 0.3 is 0 Å². The summed E-state index contributed by atoms with van der Waals surface area (Å²) in [6.07, 6.45) is 1.50. The molecule has 0 radical (unpaired) electrons. The second-order valence-electron chi connectivity index (χ2n) is 3.08. The fourth-order valence-electron chi connectivity index (χ4n) is 1.34. The molecule has 0 atom stereocenters. The zero-order valence-corrected chi connectivity index (χ0v) is 9.42. The second-order valence-corrected chi connectivity index (χ2v) is 3.47. The molecule has 0 unspecified atom stereocenters. The molecule has 4 nitrogen and oxygen atoms in total. The molecular weight excluding hydrogens is 229 g/mol. The van der Waals surface area contributed by atoms with Crippen molar-refractivity contribution in [2.24, 2.45) is 0 Å². The fourth-order valence-corrected chi connectivity index (χ4v) is 1.55. The lowest BCUT2D eigenvalue weighted by Gasteiger charge is -2.06. The van der Waals surface area contributed by atoms with Crippen molar-refractivity contribution in [3.8, 4) is 11.4 Å². The molecular formula is C10H10FN3OS. The molecule has 0 aliphatic heterocycles. The first kappa shape index (κ1) is 10.8. The van der Waals surface area contributed by atoms with E-state index in [1.54, 1.807) is 23.6 Å². The van der Waals surface area contributed by atoms with Gasteiger partial charge in [-0.1, -0.05) is 0 Å². The molecule has 0 aliphatic rings. The highest BCUT2D eigenvalue weighted by atomic mass is 32.1. The zero-order valence-electron chi connectivity index (χ0n) is 8.61. The molecule has 2 aromatic rings. The Hall–Kier alpha value is -1.69. The largest absolute Gasteiger partial charge is 0.491 e. The SMILES string of the molecule is CCOc1ccc(-n2cn[nH]c2=S)cc1F. The number of aromatic amines is 1. The molecule has 16 heavy (non-hydrogen) atoms. The maximum absolute atomic E-state index is 13.6. The Kier molecular flexibility index (Phi) is 3.00. The summed E-state index contributed by atoms with van der Waals surface area (Å²) < 4.78 is 20.7. The van der Waals surface area contributed by atoms with Crippen LogP contribution in [0.15, 0.2) is 24.5 Å². The molecule has 1 heterocycles. The predicted octanol–water partition coefficient (Wildman–Crippen LogP) is 2.47. The van der Waals surface area contributed by atoms with Crippen LogP contribution in [0.4, 0.5) is 4.39 Å². The van der Waals surface area contributed by atoms with Gasteiger partial charge in [-0.3, -0.25) is 9.67 Å². The number of H-pyrrole nitrogens is 1. The highest BCUT2D eigenvalue weighted by Gasteiger charge is 2.06. The first-order chi connectivity index (χ1) is 7.72. The molecule has 0 saturated carbocycles. The average Bonchev–Trinajstić information content (AvgIpc) is 2.68. The molecule has 1 aromatic heterocycles. The molecule has 6 heteroatoms. The third-order valence-electron chi connectivity index (χ3n) is 2.05. The van der Waals surface area contributed by atoms with E-state index in [0.29, 0.717) is 17.1 Å². The van der Waals surface area contributed by atoms with Crippen LogP contribution >= 0.6 is 12.2 Å². The van der Waals surface area contributed by atoms with E-state index in [9.17, 15) is 4.39 Å². The summed E-state index contributed by atoms with van der Waals surface area (Å²) in [5.74, 6) is -0.177. The molecule has 1 aromatic carbocycles. The number of hydrogen-bond acceptors (Lipinski definition) is 3. The Morgan fingerprint density at radius 3 is 2.94 bits per heavy atom. The van der Waals surface area contributed by atoms with Crippen molar-refractivity contribution in [1.29, 1.82) is 0 Å². The summed E-state index contributed by atoms with van der Waals surface area (Å²) in [6.45, 7) is 2.24. The summed E-state index contributed by atoms with van der Waals surface area (Å²) in [5, 5.41) is 6.37. The Balaban J connectivity index is 2.42. The van der Waals surface area contributed by atoms with E-state index in [4.69, 9.17) is 17.0 Å². The van der Waals surface area contributed by atoms with Crippen molar-refractivity contribution in [2.75, 3.05) is 6.61 Å². The summed E-state index contributed by atoms with van der Waals surface area (Å²) in [6, 6.07) is 4.65. The molecule has 0 saturated heterocycles. The van der Waals surface area contributed by atoms with Crippen LogP contribution in [0, 0.1) is 10.6 Å². The van der Waals surface area contributed by atoms with Gasteiger partial charge in [0.25, 0.3) is 0 Å². The molecule has 84 valence electrons. The van der Waals surface area contributed by atoms with Crippen LogP contribution in [0.1, 0.15) is 6.92 Å². The zero-order chi connectivity index (χ0) is 11.5. The Morgan fingerprint density at radius 1 is 1.56 bits per heavy atom. The number of benzene rings is 1. The Morgan fingerprint density at radius 2 is 2.38 bits per heavy atom. The predicted molar refractivity (Wildman–Crippen MR) is 59.9 cm³/mol. The number of halogens is 1. The van der Waals surface area contributed by atoms with E-state index in [1.165, 1.54) is 12.4 Å². The highest BCUT2D eigenvalue weighted by molar-refractivity contribution is 7.71. The first-order valence-corrected chi connectivity index (χ1v) is 5.18. The molecule has 0 amide bonds. The van der Waals surface area contributed by atoms with Crippen LogP contribution < -0.4 is 4.74 Å². The lowest BCUT2D eigenvalue weighted by Crippen LogP contribution is -1.97. The lowest BCUT2D eigenvalue weighted by atomic mass is 10.3. The maximum Gasteiger partial charge on any atom is 0.199 e. The average molecular weight is 239 g/mol. The normalized spacial score (nSPS) is 10.4. The van der Waals surface area contributed by atoms with Crippen LogP contribution in [0.5, 0.6) is 5.75 Å². The van der Waals surface area contributed by atoms with Gasteiger partial charge in [0.05, 0.1) is 12.3 Å². The summed E-state index contributed by atoms with van der Waals surface area (Å²) in [5.41, 5.74) is 0.611. The van der Waals surface area contributed by atoms with Crippen molar-refractivity contribution >= 4 is 12.2 Å². The minimum Gasteiger partial charge on any atom is -0.491 e. The molecule has 2 rings (SSSR count). The topological polar surface area (TPSA) is 42.8 Å². The van der Waals surface area contributed by atoms with E-state index in [2.05, 4.69) is 10.2 Å². The van der Waals surface area contributed by atoms with Crippen LogP contribution in [-0.4, -0.2) is 21.4 Å².